The van der Waals surface area contributed by atoms with Crippen molar-refractivity contribution in [3.05, 3.63) is 71.8 Å². The van der Waals surface area contributed by atoms with Crippen LogP contribution in [0.5, 0.6) is 0 Å². The van der Waals surface area contributed by atoms with Crippen molar-refractivity contribution >= 4 is 0 Å². The maximum atomic E-state index is 9.92. The lowest BCUT2D eigenvalue weighted by molar-refractivity contribution is 0.0848. The maximum absolute atomic E-state index is 9.92. The van der Waals surface area contributed by atoms with Crippen LogP contribution in [0.1, 0.15) is 55.6 Å². The van der Waals surface area contributed by atoms with Gasteiger partial charge in [-0.15, -0.1) is 0 Å². The number of rotatable bonds is 5. The molecule has 0 aromatic heterocycles. The van der Waals surface area contributed by atoms with Crippen LogP contribution in [0.15, 0.2) is 60.7 Å². The van der Waals surface area contributed by atoms with Gasteiger partial charge in [0.25, 0.3) is 0 Å². The zero-order valence-corrected chi connectivity index (χ0v) is 16.7. The number of hydrogen-bond acceptors (Lipinski definition) is 3. The molecule has 0 amide bonds. The molecule has 1 saturated carbocycles. The van der Waals surface area contributed by atoms with Crippen LogP contribution < -0.4 is 5.32 Å². The minimum Gasteiger partial charge on any atom is -0.300 e. The van der Waals surface area contributed by atoms with E-state index in [2.05, 4.69) is 70.9 Å². The molecule has 2 atom stereocenters. The molecule has 4 rings (SSSR count). The van der Waals surface area contributed by atoms with Crippen LogP contribution in [0.4, 0.5) is 0 Å². The van der Waals surface area contributed by atoms with E-state index in [0.29, 0.717) is 12.0 Å². The second-order valence-corrected chi connectivity index (χ2v) is 8.44. The summed E-state index contributed by atoms with van der Waals surface area (Å²) in [6.07, 6.45) is 7.07. The predicted molar refractivity (Wildman–Crippen MR) is 114 cm³/mol. The second kappa shape index (κ2) is 8.90. The van der Waals surface area contributed by atoms with Gasteiger partial charge in [0.1, 0.15) is 5.54 Å². The van der Waals surface area contributed by atoms with Gasteiger partial charge in [-0.3, -0.25) is 10.2 Å². The Morgan fingerprint density at radius 3 is 2.25 bits per heavy atom. The Bertz CT molecular complexity index is 772. The monoisotopic (exact) mass is 373 g/mol. The Labute approximate surface area is 169 Å². The normalized spacial score (nSPS) is 25.1. The molecule has 1 saturated heterocycles. The standard InChI is InChI=1S/C25H31N3/c26-20-25(27-19-21-9-3-1-4-10-21)15-17-28(18-16-25)24-14-8-7-13-23(24)22-11-5-2-6-12-22/h1-6,9-12,23-24,27H,7-8,13-19H2/t23-,24-/m1/s1. The molecule has 0 spiro atoms. The van der Waals surface area contributed by atoms with Crippen LogP contribution in [0.25, 0.3) is 0 Å². The first-order chi connectivity index (χ1) is 13.8. The minimum atomic E-state index is -0.386. The first-order valence-corrected chi connectivity index (χ1v) is 10.8. The van der Waals surface area contributed by atoms with Gasteiger partial charge < -0.3 is 0 Å². The van der Waals surface area contributed by atoms with Gasteiger partial charge in [0.05, 0.1) is 6.07 Å². The molecule has 28 heavy (non-hydrogen) atoms. The van der Waals surface area contributed by atoms with E-state index in [0.717, 1.165) is 32.5 Å². The molecule has 1 N–H and O–H groups in total. The highest BCUT2D eigenvalue weighted by Crippen LogP contribution is 2.38. The number of hydrogen-bond donors (Lipinski definition) is 1. The van der Waals surface area contributed by atoms with Gasteiger partial charge in [-0.1, -0.05) is 73.5 Å². The van der Waals surface area contributed by atoms with Crippen molar-refractivity contribution < 1.29 is 0 Å². The van der Waals surface area contributed by atoms with Gasteiger partial charge in [0.2, 0.25) is 0 Å². The number of likely N-dealkylation sites (tertiary alicyclic amines) is 1. The van der Waals surface area contributed by atoms with Crippen LogP contribution in [-0.2, 0) is 6.54 Å². The van der Waals surface area contributed by atoms with Crippen molar-refractivity contribution in [3.8, 4) is 6.07 Å². The van der Waals surface area contributed by atoms with Crippen LogP contribution in [0, 0.1) is 11.3 Å². The number of nitrogens with zero attached hydrogens (tertiary/aromatic N) is 2. The Morgan fingerprint density at radius 1 is 0.929 bits per heavy atom. The van der Waals surface area contributed by atoms with E-state index in [4.69, 9.17) is 0 Å². The molecule has 3 nitrogen and oxygen atoms in total. The molecule has 146 valence electrons. The van der Waals surface area contributed by atoms with Crippen molar-refractivity contribution in [2.45, 2.75) is 62.6 Å². The molecule has 2 aromatic carbocycles. The topological polar surface area (TPSA) is 39.1 Å². The van der Waals surface area contributed by atoms with E-state index in [1.165, 1.54) is 36.8 Å². The first kappa shape index (κ1) is 19.2. The van der Waals surface area contributed by atoms with Gasteiger partial charge in [0, 0.05) is 25.7 Å². The largest absolute Gasteiger partial charge is 0.300 e. The predicted octanol–water partition coefficient (Wildman–Crippen LogP) is 4.86. The van der Waals surface area contributed by atoms with Gasteiger partial charge in [-0.2, -0.15) is 5.26 Å². The summed E-state index contributed by atoms with van der Waals surface area (Å²) in [6.45, 7) is 2.80. The van der Waals surface area contributed by atoms with E-state index in [1.54, 1.807) is 0 Å². The third-order valence-corrected chi connectivity index (χ3v) is 6.77. The van der Waals surface area contributed by atoms with E-state index in [1.807, 2.05) is 6.07 Å². The first-order valence-electron chi connectivity index (χ1n) is 10.8. The zero-order valence-electron chi connectivity index (χ0n) is 16.7. The van der Waals surface area contributed by atoms with Crippen molar-refractivity contribution in [2.75, 3.05) is 13.1 Å². The lowest BCUT2D eigenvalue weighted by Crippen LogP contribution is -2.55. The number of piperidine rings is 1. The Morgan fingerprint density at radius 2 is 1.57 bits per heavy atom. The summed E-state index contributed by atoms with van der Waals surface area (Å²) in [5.41, 5.74) is 2.35. The fourth-order valence-electron chi connectivity index (χ4n) is 5.07. The number of nitrogens with one attached hydrogen (secondary N) is 1. The summed E-state index contributed by atoms with van der Waals surface area (Å²) in [5.74, 6) is 0.641. The summed E-state index contributed by atoms with van der Waals surface area (Å²) in [4.78, 5) is 2.68. The fourth-order valence-corrected chi connectivity index (χ4v) is 5.07. The van der Waals surface area contributed by atoms with Gasteiger partial charge in [-0.25, -0.2) is 0 Å². The molecule has 2 aromatic rings. The molecule has 2 aliphatic rings. The number of nitriles is 1. The van der Waals surface area contributed by atoms with E-state index < -0.39 is 0 Å². The lowest BCUT2D eigenvalue weighted by atomic mass is 9.77. The molecule has 0 radical (unpaired) electrons. The molecule has 2 fully saturated rings. The molecule has 0 bridgehead atoms. The second-order valence-electron chi connectivity index (χ2n) is 8.44. The van der Waals surface area contributed by atoms with Crippen molar-refractivity contribution in [3.63, 3.8) is 0 Å². The van der Waals surface area contributed by atoms with Gasteiger partial charge >= 0.3 is 0 Å². The zero-order chi connectivity index (χ0) is 19.2. The van der Waals surface area contributed by atoms with Gasteiger partial charge in [0.15, 0.2) is 0 Å². The van der Waals surface area contributed by atoms with Crippen LogP contribution in [0.3, 0.4) is 0 Å². The van der Waals surface area contributed by atoms with E-state index >= 15 is 0 Å². The highest BCUT2D eigenvalue weighted by Gasteiger charge is 2.39. The summed E-state index contributed by atoms with van der Waals surface area (Å²) in [7, 11) is 0. The molecule has 1 aliphatic carbocycles. The van der Waals surface area contributed by atoms with Crippen LogP contribution in [-0.4, -0.2) is 29.6 Å². The Kier molecular flexibility index (Phi) is 6.10. The molecule has 1 heterocycles. The third-order valence-electron chi connectivity index (χ3n) is 6.77. The minimum absolute atomic E-state index is 0.386. The summed E-state index contributed by atoms with van der Waals surface area (Å²) in [6, 6.07) is 24.7. The SMILES string of the molecule is N#CC1(NCc2ccccc2)CCN([C@@H]2CCCC[C@@H]2c2ccccc2)CC1. The number of benzene rings is 2. The quantitative estimate of drug-likeness (QED) is 0.813. The molecular weight excluding hydrogens is 342 g/mol. The lowest BCUT2D eigenvalue weighted by Gasteiger charge is -2.45. The maximum Gasteiger partial charge on any atom is 0.109 e. The molecule has 3 heteroatoms. The van der Waals surface area contributed by atoms with Gasteiger partial charge in [-0.05, 0) is 42.7 Å². The van der Waals surface area contributed by atoms with Crippen LogP contribution >= 0.6 is 0 Å². The Balaban J connectivity index is 1.40. The summed E-state index contributed by atoms with van der Waals surface area (Å²) in [5, 5.41) is 13.5. The third kappa shape index (κ3) is 4.29. The summed E-state index contributed by atoms with van der Waals surface area (Å²) < 4.78 is 0. The van der Waals surface area contributed by atoms with Crippen molar-refractivity contribution in [1.82, 2.24) is 10.2 Å². The molecule has 0 unspecified atom stereocenters. The fraction of sp³-hybridized carbons (Fsp3) is 0.480. The van der Waals surface area contributed by atoms with Crippen LogP contribution in [0.2, 0.25) is 0 Å². The molecule has 1 aliphatic heterocycles. The highest BCUT2D eigenvalue weighted by atomic mass is 15.2. The average Bonchev–Trinajstić information content (AvgIpc) is 2.79. The Hall–Kier alpha value is -2.15. The average molecular weight is 374 g/mol. The van der Waals surface area contributed by atoms with E-state index in [-0.39, 0.29) is 5.54 Å². The molecular formula is C25H31N3. The van der Waals surface area contributed by atoms with Crippen molar-refractivity contribution in [2.24, 2.45) is 0 Å². The van der Waals surface area contributed by atoms with Crippen molar-refractivity contribution in [1.29, 1.82) is 5.26 Å². The van der Waals surface area contributed by atoms with E-state index in [9.17, 15) is 5.26 Å². The summed E-state index contributed by atoms with van der Waals surface area (Å²) >= 11 is 0. The smallest absolute Gasteiger partial charge is 0.109 e. The highest BCUT2D eigenvalue weighted by molar-refractivity contribution is 5.23.